The molecule has 14 heteroatoms. The van der Waals surface area contributed by atoms with Gasteiger partial charge in [-0.3, -0.25) is 4.79 Å². The van der Waals surface area contributed by atoms with Crippen molar-refractivity contribution >= 4 is 5.91 Å². The van der Waals surface area contributed by atoms with Crippen LogP contribution in [0.15, 0.2) is 85.1 Å². The van der Waals surface area contributed by atoms with Gasteiger partial charge in [-0.2, -0.15) is 0 Å². The molecule has 64 heavy (non-hydrogen) atoms. The molecule has 14 nitrogen and oxygen atoms in total. The third-order valence-electron chi connectivity index (χ3n) is 11.1. The van der Waals surface area contributed by atoms with E-state index >= 15 is 0 Å². The minimum atomic E-state index is -1.79. The molecule has 2 aliphatic heterocycles. The molecule has 0 spiro atoms. The number of ether oxygens (including phenoxy) is 4. The molecule has 0 aromatic rings. The molecule has 2 fully saturated rings. The van der Waals surface area contributed by atoms with E-state index in [9.17, 15) is 45.6 Å². The van der Waals surface area contributed by atoms with Crippen LogP contribution in [-0.4, -0.2) is 140 Å². The molecule has 366 valence electrons. The summed E-state index contributed by atoms with van der Waals surface area (Å²) in [6.07, 6.45) is 30.3. The summed E-state index contributed by atoms with van der Waals surface area (Å²) < 4.78 is 22.4. The van der Waals surface area contributed by atoms with Crippen LogP contribution in [0.1, 0.15) is 129 Å². The van der Waals surface area contributed by atoms with Gasteiger partial charge in [0.15, 0.2) is 12.6 Å². The highest BCUT2D eigenvalue weighted by molar-refractivity contribution is 5.76. The molecule has 2 saturated heterocycles. The molecule has 9 N–H and O–H groups in total. The summed E-state index contributed by atoms with van der Waals surface area (Å²) >= 11 is 0. The van der Waals surface area contributed by atoms with Crippen LogP contribution in [0, 0.1) is 0 Å². The first-order valence-corrected chi connectivity index (χ1v) is 23.8. The number of carbonyl (C=O) groups excluding carboxylic acids is 1. The van der Waals surface area contributed by atoms with Crippen molar-refractivity contribution in [3.05, 3.63) is 85.1 Å². The predicted octanol–water partition coefficient (Wildman–Crippen LogP) is 5.43. The van der Waals surface area contributed by atoms with Gasteiger partial charge in [0.2, 0.25) is 5.91 Å². The summed E-state index contributed by atoms with van der Waals surface area (Å²) in [5.74, 6) is -0.266. The summed E-state index contributed by atoms with van der Waals surface area (Å²) in [7, 11) is 0. The number of unbranched alkanes of at least 4 members (excludes halogenated alkanes) is 9. The van der Waals surface area contributed by atoms with Gasteiger partial charge in [-0.05, 0) is 64.2 Å². The van der Waals surface area contributed by atoms with Crippen LogP contribution in [0.25, 0.3) is 0 Å². The van der Waals surface area contributed by atoms with Crippen LogP contribution in [0.3, 0.4) is 0 Å². The summed E-state index contributed by atoms with van der Waals surface area (Å²) in [4.78, 5) is 13.0. The van der Waals surface area contributed by atoms with Gasteiger partial charge in [0.1, 0.15) is 48.8 Å². The van der Waals surface area contributed by atoms with Crippen molar-refractivity contribution < 1.29 is 64.6 Å². The lowest BCUT2D eigenvalue weighted by Crippen LogP contribution is -2.65. The summed E-state index contributed by atoms with van der Waals surface area (Å²) in [6.45, 7) is 2.40. The van der Waals surface area contributed by atoms with Crippen LogP contribution in [0.4, 0.5) is 0 Å². The van der Waals surface area contributed by atoms with Crippen LogP contribution >= 0.6 is 0 Å². The van der Waals surface area contributed by atoms with Crippen molar-refractivity contribution in [2.24, 2.45) is 0 Å². The zero-order valence-electron chi connectivity index (χ0n) is 38.5. The molecular formula is C50H83NO13. The Kier molecular flexibility index (Phi) is 32.5. The number of amides is 1. The van der Waals surface area contributed by atoms with Crippen molar-refractivity contribution in [2.75, 3.05) is 19.8 Å². The lowest BCUT2D eigenvalue weighted by atomic mass is 9.97. The van der Waals surface area contributed by atoms with E-state index in [4.69, 9.17) is 18.9 Å². The first-order valence-electron chi connectivity index (χ1n) is 23.8. The Morgan fingerprint density at radius 2 is 1.08 bits per heavy atom. The zero-order chi connectivity index (χ0) is 46.8. The van der Waals surface area contributed by atoms with E-state index < -0.39 is 86.8 Å². The Labute approximate surface area is 382 Å². The molecule has 12 unspecified atom stereocenters. The fraction of sp³-hybridized carbons (Fsp3) is 0.700. The monoisotopic (exact) mass is 906 g/mol. The van der Waals surface area contributed by atoms with E-state index in [2.05, 4.69) is 85.2 Å². The molecule has 1 amide bonds. The Balaban J connectivity index is 1.64. The molecule has 0 aromatic carbocycles. The lowest BCUT2D eigenvalue weighted by molar-refractivity contribution is -0.359. The van der Waals surface area contributed by atoms with Gasteiger partial charge in [0.25, 0.3) is 0 Å². The normalized spacial score (nSPS) is 28.0. The highest BCUT2D eigenvalue weighted by Gasteiger charge is 2.50. The fourth-order valence-corrected chi connectivity index (χ4v) is 7.18. The van der Waals surface area contributed by atoms with E-state index in [1.54, 1.807) is 12.2 Å². The molecule has 0 saturated carbocycles. The number of hydrogen-bond donors (Lipinski definition) is 9. The second kappa shape index (κ2) is 36.3. The maximum atomic E-state index is 13.0. The number of allylic oxidation sites excluding steroid dienone is 13. The standard InChI is InChI=1S/C50H83NO13/c1-3-5-7-8-9-10-11-12-13-14-15-16-17-18-19-20-21-22-23-24-25-26-27-28-29-30-32-34-42(55)51-38(39(54)33-31-6-4-2)37-61-49-47(60)45(58)48(41(36-53)63-49)64-50-46(59)44(57)43(56)40(35-52)62-50/h5,7,9-10,12-13,15-16,18-19,21-22,31,33,38-41,43-50,52-54,56-60H,3-4,6,8,11,14,17,20,23-30,32,34-37H2,1-2H3,(H,51,55)/b7-5-,10-9-,13-12-,16-15-,19-18-,22-21-,33-31+. The zero-order valence-corrected chi connectivity index (χ0v) is 38.5. The Bertz CT molecular complexity index is 1400. The molecule has 0 aliphatic carbocycles. The quantitative estimate of drug-likeness (QED) is 0.0291. The summed E-state index contributed by atoms with van der Waals surface area (Å²) in [6, 6.07) is -0.919. The number of rotatable bonds is 34. The van der Waals surface area contributed by atoms with Gasteiger partial charge in [-0.1, -0.05) is 144 Å². The molecule has 0 aromatic heterocycles. The van der Waals surface area contributed by atoms with E-state index in [-0.39, 0.29) is 18.9 Å². The average Bonchev–Trinajstić information content (AvgIpc) is 3.29. The molecule has 2 rings (SSSR count). The minimum Gasteiger partial charge on any atom is -0.394 e. The van der Waals surface area contributed by atoms with Crippen LogP contribution in [-0.2, 0) is 23.7 Å². The van der Waals surface area contributed by atoms with Crippen molar-refractivity contribution in [1.82, 2.24) is 5.32 Å². The van der Waals surface area contributed by atoms with Crippen LogP contribution in [0.5, 0.6) is 0 Å². The molecular weight excluding hydrogens is 823 g/mol. The van der Waals surface area contributed by atoms with Crippen molar-refractivity contribution in [2.45, 2.75) is 203 Å². The maximum absolute atomic E-state index is 13.0. The topological polar surface area (TPSA) is 228 Å². The minimum absolute atomic E-state index is 0.263. The van der Waals surface area contributed by atoms with Crippen molar-refractivity contribution in [3.63, 3.8) is 0 Å². The first kappa shape index (κ1) is 57.3. The molecule has 12 atom stereocenters. The third kappa shape index (κ3) is 23.6. The molecule has 0 bridgehead atoms. The predicted molar refractivity (Wildman–Crippen MR) is 249 cm³/mol. The number of hydrogen-bond acceptors (Lipinski definition) is 13. The maximum Gasteiger partial charge on any atom is 0.220 e. The Morgan fingerprint density at radius 3 is 1.62 bits per heavy atom. The highest BCUT2D eigenvalue weighted by atomic mass is 16.7. The van der Waals surface area contributed by atoms with Crippen molar-refractivity contribution in [3.8, 4) is 0 Å². The SMILES string of the molecule is CC/C=C\C/C=C\C/C=C\C/C=C\C/C=C\C/C=C\CCCCCCCCCCC(=O)NC(COC1OC(CO)C(OC2OC(CO)C(O)C(O)C2O)C(O)C1O)C(O)/C=C/CCC. The smallest absolute Gasteiger partial charge is 0.220 e. The molecule has 2 aliphatic rings. The van der Waals surface area contributed by atoms with Gasteiger partial charge in [0, 0.05) is 6.42 Å². The largest absolute Gasteiger partial charge is 0.394 e. The Morgan fingerprint density at radius 1 is 0.578 bits per heavy atom. The molecule has 2 heterocycles. The number of carbonyl (C=O) groups is 1. The summed E-state index contributed by atoms with van der Waals surface area (Å²) in [5.41, 5.74) is 0. The van der Waals surface area contributed by atoms with E-state index in [0.29, 0.717) is 12.8 Å². The second-order valence-electron chi connectivity index (χ2n) is 16.5. The van der Waals surface area contributed by atoms with Gasteiger partial charge >= 0.3 is 0 Å². The van der Waals surface area contributed by atoms with E-state index in [1.807, 2.05) is 6.92 Å². The first-order chi connectivity index (χ1) is 31.1. The number of aliphatic hydroxyl groups is 8. The van der Waals surface area contributed by atoms with Gasteiger partial charge in [-0.25, -0.2) is 0 Å². The number of aliphatic hydroxyl groups excluding tert-OH is 8. The van der Waals surface area contributed by atoms with E-state index in [1.165, 1.54) is 19.3 Å². The fourth-order valence-electron chi connectivity index (χ4n) is 7.18. The van der Waals surface area contributed by atoms with Crippen molar-refractivity contribution in [1.29, 1.82) is 0 Å². The lowest BCUT2D eigenvalue weighted by Gasteiger charge is -2.46. The van der Waals surface area contributed by atoms with E-state index in [0.717, 1.165) is 77.0 Å². The van der Waals surface area contributed by atoms with Gasteiger partial charge in [-0.15, -0.1) is 0 Å². The van der Waals surface area contributed by atoms with Crippen LogP contribution in [0.2, 0.25) is 0 Å². The number of nitrogens with one attached hydrogen (secondary N) is 1. The van der Waals surface area contributed by atoms with Crippen LogP contribution < -0.4 is 5.32 Å². The van der Waals surface area contributed by atoms with Gasteiger partial charge < -0.3 is 65.1 Å². The highest BCUT2D eigenvalue weighted by Crippen LogP contribution is 2.30. The second-order valence-corrected chi connectivity index (χ2v) is 16.5. The summed E-state index contributed by atoms with van der Waals surface area (Å²) in [5, 5.41) is 85.7. The van der Waals surface area contributed by atoms with Gasteiger partial charge in [0.05, 0.1) is 32.0 Å². The third-order valence-corrected chi connectivity index (χ3v) is 11.1. The average molecular weight is 906 g/mol. The Hall–Kier alpha value is -2.83. The molecule has 0 radical (unpaired) electrons.